The molecule has 1 heterocycles. The van der Waals surface area contributed by atoms with Gasteiger partial charge in [-0.15, -0.1) is 0 Å². The highest BCUT2D eigenvalue weighted by atomic mass is 16.5. The zero-order valence-electron chi connectivity index (χ0n) is 20.7. The van der Waals surface area contributed by atoms with Gasteiger partial charge in [0.05, 0.1) is 0 Å². The lowest BCUT2D eigenvalue weighted by Crippen LogP contribution is -2.44. The van der Waals surface area contributed by atoms with Gasteiger partial charge >= 0.3 is 11.9 Å². The molecule has 0 radical (unpaired) electrons. The van der Waals surface area contributed by atoms with E-state index in [1.807, 2.05) is 12.1 Å². The SMILES string of the molecule is CCC1(c2cccc(OC(=O)/C(C)=C(\C)C(=O)N[C@H](C(=O)O)C(C)C)c2)CCCCN(C)C1. The quantitative estimate of drug-likeness (QED) is 0.348. The Morgan fingerprint density at radius 2 is 1.88 bits per heavy atom. The van der Waals surface area contributed by atoms with Gasteiger partial charge in [0.2, 0.25) is 5.91 Å². The van der Waals surface area contributed by atoms with Crippen LogP contribution in [-0.4, -0.2) is 54.0 Å². The number of esters is 1. The molecular formula is C26H38N2O5. The summed E-state index contributed by atoms with van der Waals surface area (Å²) >= 11 is 0. The minimum atomic E-state index is -1.11. The van der Waals surface area contributed by atoms with Gasteiger partial charge in [0, 0.05) is 23.1 Å². The summed E-state index contributed by atoms with van der Waals surface area (Å²) in [4.78, 5) is 39.0. The van der Waals surface area contributed by atoms with Crippen molar-refractivity contribution in [2.75, 3.05) is 20.1 Å². The summed E-state index contributed by atoms with van der Waals surface area (Å²) in [6.07, 6.45) is 4.42. The van der Waals surface area contributed by atoms with E-state index in [0.29, 0.717) is 5.75 Å². The predicted molar refractivity (Wildman–Crippen MR) is 128 cm³/mol. The molecule has 0 aromatic heterocycles. The maximum absolute atomic E-state index is 12.8. The first-order chi connectivity index (χ1) is 15.5. The molecule has 1 fully saturated rings. The van der Waals surface area contributed by atoms with Crippen molar-refractivity contribution in [3.8, 4) is 5.75 Å². The van der Waals surface area contributed by atoms with E-state index < -0.39 is 23.9 Å². The Labute approximate surface area is 197 Å². The minimum Gasteiger partial charge on any atom is -0.480 e. The van der Waals surface area contributed by atoms with Crippen molar-refractivity contribution in [2.24, 2.45) is 5.92 Å². The van der Waals surface area contributed by atoms with Crippen molar-refractivity contribution in [2.45, 2.75) is 71.8 Å². The Kier molecular flexibility index (Phi) is 9.23. The van der Waals surface area contributed by atoms with Gasteiger partial charge in [-0.25, -0.2) is 9.59 Å². The van der Waals surface area contributed by atoms with Crippen LogP contribution in [0.2, 0.25) is 0 Å². The van der Waals surface area contributed by atoms with E-state index in [-0.39, 0.29) is 22.5 Å². The molecule has 7 nitrogen and oxygen atoms in total. The van der Waals surface area contributed by atoms with Crippen LogP contribution in [-0.2, 0) is 19.8 Å². The maximum atomic E-state index is 12.8. The molecule has 1 aliphatic heterocycles. The standard InChI is InChI=1S/C26H38N2O5/c1-7-26(13-8-9-14-28(6)16-26)20-11-10-12-21(15-20)33-25(32)19(5)18(4)23(29)27-22(17(2)3)24(30)31/h10-12,15,17,22H,7-9,13-14,16H2,1-6H3,(H,27,29)(H,30,31)/b19-18+/t22-,26?/m0/s1. The Morgan fingerprint density at radius 3 is 2.48 bits per heavy atom. The Bertz CT molecular complexity index is 908. The Balaban J connectivity index is 2.21. The second-order valence-electron chi connectivity index (χ2n) is 9.53. The molecule has 1 aromatic rings. The molecule has 0 aliphatic carbocycles. The molecule has 1 aliphatic rings. The predicted octanol–water partition coefficient (Wildman–Crippen LogP) is 3.92. The number of likely N-dealkylation sites (tertiary alicyclic amines) is 1. The van der Waals surface area contributed by atoms with Crippen LogP contribution in [0.4, 0.5) is 0 Å². The fourth-order valence-corrected chi connectivity index (χ4v) is 4.41. The lowest BCUT2D eigenvalue weighted by atomic mass is 9.74. The number of carboxylic acid groups (broad SMARTS) is 1. The van der Waals surface area contributed by atoms with Gasteiger partial charge in [0.25, 0.3) is 0 Å². The summed E-state index contributed by atoms with van der Waals surface area (Å²) in [5, 5.41) is 11.8. The van der Waals surface area contributed by atoms with E-state index in [4.69, 9.17) is 4.74 Å². The largest absolute Gasteiger partial charge is 0.480 e. The molecule has 0 spiro atoms. The number of amides is 1. The molecule has 1 saturated heterocycles. The summed E-state index contributed by atoms with van der Waals surface area (Å²) in [6.45, 7) is 10.7. The summed E-state index contributed by atoms with van der Waals surface area (Å²) in [6, 6.07) is 6.64. The van der Waals surface area contributed by atoms with Crippen LogP contribution in [0.25, 0.3) is 0 Å². The van der Waals surface area contributed by atoms with Crippen molar-refractivity contribution >= 4 is 17.8 Å². The molecule has 182 valence electrons. The monoisotopic (exact) mass is 458 g/mol. The van der Waals surface area contributed by atoms with Crippen LogP contribution in [0, 0.1) is 5.92 Å². The van der Waals surface area contributed by atoms with Gasteiger partial charge in [-0.05, 0) is 70.3 Å². The number of hydrogen-bond donors (Lipinski definition) is 2. The smallest absolute Gasteiger partial charge is 0.339 e. The first-order valence-corrected chi connectivity index (χ1v) is 11.7. The first kappa shape index (κ1) is 26.6. The van der Waals surface area contributed by atoms with Crippen LogP contribution >= 0.6 is 0 Å². The third-order valence-corrected chi connectivity index (χ3v) is 6.78. The number of carbonyl (C=O) groups excluding carboxylic acids is 2. The number of aliphatic carboxylic acids is 1. The van der Waals surface area contributed by atoms with Gasteiger partial charge in [-0.1, -0.05) is 39.3 Å². The molecule has 0 bridgehead atoms. The second kappa shape index (κ2) is 11.5. The fourth-order valence-electron chi connectivity index (χ4n) is 4.41. The normalized spacial score (nSPS) is 21.1. The van der Waals surface area contributed by atoms with E-state index in [2.05, 4.69) is 30.3 Å². The number of rotatable bonds is 8. The lowest BCUT2D eigenvalue weighted by Gasteiger charge is -2.35. The van der Waals surface area contributed by atoms with E-state index in [1.54, 1.807) is 19.9 Å². The van der Waals surface area contributed by atoms with Crippen molar-refractivity contribution in [1.29, 1.82) is 0 Å². The highest BCUT2D eigenvalue weighted by molar-refractivity contribution is 6.03. The van der Waals surface area contributed by atoms with Crippen molar-refractivity contribution in [1.82, 2.24) is 10.2 Å². The van der Waals surface area contributed by atoms with Crippen molar-refractivity contribution in [3.63, 3.8) is 0 Å². The van der Waals surface area contributed by atoms with Crippen LogP contribution < -0.4 is 10.1 Å². The highest BCUT2D eigenvalue weighted by Gasteiger charge is 2.33. The molecule has 2 rings (SSSR count). The molecule has 33 heavy (non-hydrogen) atoms. The van der Waals surface area contributed by atoms with E-state index in [1.165, 1.54) is 20.3 Å². The van der Waals surface area contributed by atoms with Gasteiger partial charge in [0.1, 0.15) is 11.8 Å². The number of carbonyl (C=O) groups is 3. The van der Waals surface area contributed by atoms with Crippen LogP contribution in [0.3, 0.4) is 0 Å². The Morgan fingerprint density at radius 1 is 1.18 bits per heavy atom. The zero-order valence-corrected chi connectivity index (χ0v) is 20.7. The van der Waals surface area contributed by atoms with E-state index >= 15 is 0 Å². The molecular weight excluding hydrogens is 420 g/mol. The molecule has 2 atom stereocenters. The summed E-state index contributed by atoms with van der Waals surface area (Å²) < 4.78 is 5.62. The number of likely N-dealkylation sites (N-methyl/N-ethyl adjacent to an activating group) is 1. The molecule has 2 N–H and O–H groups in total. The third-order valence-electron chi connectivity index (χ3n) is 6.78. The maximum Gasteiger partial charge on any atom is 0.339 e. The van der Waals surface area contributed by atoms with Crippen LogP contribution in [0.5, 0.6) is 5.75 Å². The average Bonchev–Trinajstić information content (AvgIpc) is 2.97. The number of carboxylic acids is 1. The van der Waals surface area contributed by atoms with E-state index in [0.717, 1.165) is 37.9 Å². The van der Waals surface area contributed by atoms with E-state index in [9.17, 15) is 19.5 Å². The third kappa shape index (κ3) is 6.67. The average molecular weight is 459 g/mol. The Hall–Kier alpha value is -2.67. The van der Waals surface area contributed by atoms with Crippen molar-refractivity contribution in [3.05, 3.63) is 41.0 Å². The number of hydrogen-bond acceptors (Lipinski definition) is 5. The minimum absolute atomic E-state index is 0.0110. The molecule has 1 aromatic carbocycles. The lowest BCUT2D eigenvalue weighted by molar-refractivity contribution is -0.142. The van der Waals surface area contributed by atoms with Gasteiger partial charge in [-0.2, -0.15) is 0 Å². The van der Waals surface area contributed by atoms with Gasteiger partial charge in [-0.3, -0.25) is 4.79 Å². The number of ether oxygens (including phenoxy) is 1. The van der Waals surface area contributed by atoms with Crippen LogP contribution in [0.15, 0.2) is 35.4 Å². The summed E-state index contributed by atoms with van der Waals surface area (Å²) in [5.74, 6) is -2.18. The number of nitrogens with one attached hydrogen (secondary N) is 1. The summed E-state index contributed by atoms with van der Waals surface area (Å²) in [5.41, 5.74) is 1.45. The molecule has 1 unspecified atom stereocenters. The second-order valence-corrected chi connectivity index (χ2v) is 9.53. The number of benzene rings is 1. The first-order valence-electron chi connectivity index (χ1n) is 11.7. The van der Waals surface area contributed by atoms with Gasteiger partial charge < -0.3 is 20.1 Å². The zero-order chi connectivity index (χ0) is 24.8. The molecule has 7 heteroatoms. The molecule has 1 amide bonds. The van der Waals surface area contributed by atoms with Crippen LogP contribution in [0.1, 0.15) is 65.9 Å². The summed E-state index contributed by atoms with van der Waals surface area (Å²) in [7, 11) is 2.15. The van der Waals surface area contributed by atoms with Crippen molar-refractivity contribution < 1.29 is 24.2 Å². The fraction of sp³-hybridized carbons (Fsp3) is 0.577. The highest BCUT2D eigenvalue weighted by Crippen LogP contribution is 2.37. The molecule has 0 saturated carbocycles. The van der Waals surface area contributed by atoms with Gasteiger partial charge in [0.15, 0.2) is 0 Å². The number of nitrogens with zero attached hydrogens (tertiary/aromatic N) is 1. The topological polar surface area (TPSA) is 95.9 Å².